The molecule has 0 aromatic carbocycles. The molecule has 7 heteroatoms. The van der Waals surface area contributed by atoms with Crippen molar-refractivity contribution in [1.82, 2.24) is 20.1 Å². The first-order chi connectivity index (χ1) is 9.47. The highest BCUT2D eigenvalue weighted by atomic mass is 32.2. The van der Waals surface area contributed by atoms with E-state index in [1.54, 1.807) is 4.57 Å². The quantitative estimate of drug-likeness (QED) is 0.744. The van der Waals surface area contributed by atoms with Crippen molar-refractivity contribution >= 4 is 11.8 Å². The van der Waals surface area contributed by atoms with Crippen molar-refractivity contribution in [2.75, 3.05) is 0 Å². The lowest BCUT2D eigenvalue weighted by Gasteiger charge is -2.26. The summed E-state index contributed by atoms with van der Waals surface area (Å²) in [4.78, 5) is 11.5. The van der Waals surface area contributed by atoms with Gasteiger partial charge in [0.05, 0.1) is 6.07 Å². The van der Waals surface area contributed by atoms with Gasteiger partial charge in [-0.1, -0.05) is 18.7 Å². The number of rotatable bonds is 7. The monoisotopic (exact) mass is 295 g/mol. The molecule has 110 valence electrons. The highest BCUT2D eigenvalue weighted by molar-refractivity contribution is 7.99. The fourth-order valence-electron chi connectivity index (χ4n) is 2.28. The van der Waals surface area contributed by atoms with Crippen molar-refractivity contribution in [2.24, 2.45) is 0 Å². The van der Waals surface area contributed by atoms with E-state index in [0.29, 0.717) is 17.7 Å². The lowest BCUT2D eigenvalue weighted by Crippen LogP contribution is -2.44. The fourth-order valence-corrected chi connectivity index (χ4v) is 3.50. The molecule has 0 radical (unpaired) electrons. The first-order valence-electron chi connectivity index (χ1n) is 6.98. The summed E-state index contributed by atoms with van der Waals surface area (Å²) >= 11 is 1.53. The molecular weight excluding hydrogens is 274 g/mol. The molecule has 1 aromatic heterocycles. The molecule has 1 heterocycles. The molecule has 0 spiro atoms. The minimum Gasteiger partial charge on any atom is -0.297 e. The Labute approximate surface area is 122 Å². The van der Waals surface area contributed by atoms with Crippen LogP contribution < -0.4 is 11.0 Å². The topological polar surface area (TPSA) is 86.5 Å². The van der Waals surface area contributed by atoms with Gasteiger partial charge in [0.25, 0.3) is 0 Å². The molecule has 1 saturated carbocycles. The third-order valence-corrected chi connectivity index (χ3v) is 4.48. The first-order valence-corrected chi connectivity index (χ1v) is 7.86. The van der Waals surface area contributed by atoms with E-state index in [-0.39, 0.29) is 10.9 Å². The van der Waals surface area contributed by atoms with Crippen LogP contribution in [0.25, 0.3) is 0 Å². The van der Waals surface area contributed by atoms with Gasteiger partial charge in [-0.15, -0.1) is 5.10 Å². The Balaban J connectivity index is 1.98. The number of thioether (sulfide) groups is 1. The normalized spacial score (nSPS) is 19.3. The molecule has 0 bridgehead atoms. The van der Waals surface area contributed by atoms with Gasteiger partial charge in [0, 0.05) is 17.8 Å². The van der Waals surface area contributed by atoms with Crippen molar-refractivity contribution in [3.8, 4) is 6.07 Å². The van der Waals surface area contributed by atoms with Crippen LogP contribution in [-0.2, 0) is 6.54 Å². The third-order valence-electron chi connectivity index (χ3n) is 3.39. The van der Waals surface area contributed by atoms with Crippen LogP contribution in [0.3, 0.4) is 0 Å². The summed E-state index contributed by atoms with van der Waals surface area (Å²) in [6, 6.07) is 2.88. The molecule has 20 heavy (non-hydrogen) atoms. The Bertz CT molecular complexity index is 556. The Hall–Kier alpha value is -1.26. The summed E-state index contributed by atoms with van der Waals surface area (Å²) in [5.74, 6) is 0. The van der Waals surface area contributed by atoms with E-state index in [2.05, 4.69) is 28.5 Å². The number of aromatic amines is 1. The number of hydrogen-bond acceptors (Lipinski definition) is 5. The smallest absolute Gasteiger partial charge is 0.297 e. The standard InChI is InChI=1S/C13H21N5OS/c1-4-18-11(19)16-17-12(18)20-9(2)7-13(3,8-14)15-10-5-6-10/h9-10,15H,4-7H2,1-3H3,(H,16,19). The van der Waals surface area contributed by atoms with Crippen molar-refractivity contribution in [3.63, 3.8) is 0 Å². The molecule has 0 aliphatic heterocycles. The zero-order chi connectivity index (χ0) is 14.8. The molecule has 2 unspecified atom stereocenters. The Kier molecular flexibility index (Phi) is 4.55. The average molecular weight is 295 g/mol. The number of H-pyrrole nitrogens is 1. The summed E-state index contributed by atoms with van der Waals surface area (Å²) < 4.78 is 1.61. The zero-order valence-electron chi connectivity index (χ0n) is 12.1. The summed E-state index contributed by atoms with van der Waals surface area (Å²) in [5.41, 5.74) is -0.692. The molecule has 2 N–H and O–H groups in total. The van der Waals surface area contributed by atoms with Gasteiger partial charge >= 0.3 is 5.69 Å². The number of nitrogens with one attached hydrogen (secondary N) is 2. The predicted molar refractivity (Wildman–Crippen MR) is 78.6 cm³/mol. The molecule has 2 rings (SSSR count). The Morgan fingerprint density at radius 1 is 1.70 bits per heavy atom. The molecule has 0 amide bonds. The molecular formula is C13H21N5OS. The van der Waals surface area contributed by atoms with Gasteiger partial charge < -0.3 is 0 Å². The van der Waals surface area contributed by atoms with Crippen molar-refractivity contribution in [3.05, 3.63) is 10.5 Å². The number of nitrogens with zero attached hydrogens (tertiary/aromatic N) is 3. The molecule has 2 atom stereocenters. The van der Waals surface area contributed by atoms with E-state index >= 15 is 0 Å². The molecule has 1 aliphatic rings. The molecule has 6 nitrogen and oxygen atoms in total. The second-order valence-electron chi connectivity index (χ2n) is 5.55. The summed E-state index contributed by atoms with van der Waals surface area (Å²) in [6.45, 7) is 6.52. The van der Waals surface area contributed by atoms with Gasteiger partial charge in [-0.2, -0.15) is 5.26 Å². The summed E-state index contributed by atoms with van der Waals surface area (Å²) in [6.07, 6.45) is 3.04. The van der Waals surface area contributed by atoms with Crippen LogP contribution in [-0.4, -0.2) is 31.6 Å². The maximum Gasteiger partial charge on any atom is 0.343 e. The van der Waals surface area contributed by atoms with Crippen LogP contribution in [0.5, 0.6) is 0 Å². The van der Waals surface area contributed by atoms with Crippen LogP contribution >= 0.6 is 11.8 Å². The van der Waals surface area contributed by atoms with E-state index in [4.69, 9.17) is 0 Å². The Morgan fingerprint density at radius 2 is 2.40 bits per heavy atom. The predicted octanol–water partition coefficient (Wildman–Crippen LogP) is 1.50. The van der Waals surface area contributed by atoms with Crippen molar-refractivity contribution in [2.45, 2.75) is 68.6 Å². The van der Waals surface area contributed by atoms with Crippen LogP contribution in [0.2, 0.25) is 0 Å². The largest absolute Gasteiger partial charge is 0.343 e. The lowest BCUT2D eigenvalue weighted by atomic mass is 9.98. The van der Waals surface area contributed by atoms with E-state index in [1.807, 2.05) is 13.8 Å². The number of nitriles is 1. The second kappa shape index (κ2) is 6.02. The average Bonchev–Trinajstić information content (AvgIpc) is 3.13. The molecule has 0 saturated heterocycles. The summed E-state index contributed by atoms with van der Waals surface area (Å²) in [5, 5.41) is 20.2. The van der Waals surface area contributed by atoms with Crippen molar-refractivity contribution < 1.29 is 0 Å². The van der Waals surface area contributed by atoms with Gasteiger partial charge in [-0.3, -0.25) is 9.88 Å². The van der Waals surface area contributed by atoms with E-state index in [1.165, 1.54) is 11.8 Å². The molecule has 1 aromatic rings. The molecule has 1 fully saturated rings. The van der Waals surface area contributed by atoms with Gasteiger partial charge in [0.1, 0.15) is 5.54 Å². The minimum atomic E-state index is -0.513. The van der Waals surface area contributed by atoms with Crippen LogP contribution in [0.15, 0.2) is 9.95 Å². The number of hydrogen-bond donors (Lipinski definition) is 2. The highest BCUT2D eigenvalue weighted by Crippen LogP contribution is 2.29. The second-order valence-corrected chi connectivity index (χ2v) is 6.96. The van der Waals surface area contributed by atoms with Crippen LogP contribution in [0, 0.1) is 11.3 Å². The van der Waals surface area contributed by atoms with Gasteiger partial charge in [-0.05, 0) is 33.1 Å². The lowest BCUT2D eigenvalue weighted by molar-refractivity contribution is 0.414. The number of aromatic nitrogens is 3. The van der Waals surface area contributed by atoms with Crippen LogP contribution in [0.4, 0.5) is 0 Å². The van der Waals surface area contributed by atoms with Crippen LogP contribution in [0.1, 0.15) is 40.0 Å². The fraction of sp³-hybridized carbons (Fsp3) is 0.769. The van der Waals surface area contributed by atoms with Gasteiger partial charge in [-0.25, -0.2) is 9.89 Å². The van der Waals surface area contributed by atoms with E-state index in [0.717, 1.165) is 19.3 Å². The third kappa shape index (κ3) is 3.64. The zero-order valence-corrected chi connectivity index (χ0v) is 13.0. The SMILES string of the molecule is CCn1c(SC(C)CC(C)(C#N)NC2CC2)n[nH]c1=O. The van der Waals surface area contributed by atoms with Gasteiger partial charge in [0.2, 0.25) is 0 Å². The maximum absolute atomic E-state index is 11.5. The highest BCUT2D eigenvalue weighted by Gasteiger charge is 2.34. The first kappa shape index (κ1) is 15.1. The van der Waals surface area contributed by atoms with Gasteiger partial charge in [0.15, 0.2) is 5.16 Å². The maximum atomic E-state index is 11.5. The Morgan fingerprint density at radius 3 is 2.95 bits per heavy atom. The summed E-state index contributed by atoms with van der Waals surface area (Å²) in [7, 11) is 0. The minimum absolute atomic E-state index is 0.179. The van der Waals surface area contributed by atoms with E-state index < -0.39 is 5.54 Å². The molecule has 1 aliphatic carbocycles. The van der Waals surface area contributed by atoms with Crippen molar-refractivity contribution in [1.29, 1.82) is 5.26 Å². The van der Waals surface area contributed by atoms with E-state index in [9.17, 15) is 10.1 Å².